The van der Waals surface area contributed by atoms with Gasteiger partial charge in [0.25, 0.3) is 0 Å². The second kappa shape index (κ2) is 6.52. The van der Waals surface area contributed by atoms with Gasteiger partial charge in [0.1, 0.15) is 0 Å². The summed E-state index contributed by atoms with van der Waals surface area (Å²) in [5.41, 5.74) is 0. The van der Waals surface area contributed by atoms with Gasteiger partial charge in [0.05, 0.1) is 24.6 Å². The molecule has 2 fully saturated rings. The van der Waals surface area contributed by atoms with Crippen molar-refractivity contribution in [3.63, 3.8) is 0 Å². The Morgan fingerprint density at radius 1 is 1.29 bits per heavy atom. The minimum Gasteiger partial charge on any atom is -0.393 e. The molecule has 0 spiro atoms. The Labute approximate surface area is 128 Å². The van der Waals surface area contributed by atoms with Gasteiger partial charge in [0.15, 0.2) is 0 Å². The van der Waals surface area contributed by atoms with Crippen LogP contribution in [0.2, 0.25) is 0 Å². The maximum Gasteiger partial charge on any atom is 0.211 e. The molecule has 0 saturated carbocycles. The number of piperidine rings is 1. The normalized spacial score (nSPS) is 40.3. The molecule has 5 nitrogen and oxygen atoms in total. The maximum atomic E-state index is 11.7. The van der Waals surface area contributed by atoms with E-state index in [2.05, 4.69) is 13.8 Å². The number of aliphatic hydroxyl groups excluding tert-OH is 1. The SMILES string of the molecule is CC1OC(C)C(C(O)CC2CCCN(S(C)(=O)=O)C2)C1C. The molecule has 1 N–H and O–H groups in total. The molecule has 0 aromatic heterocycles. The fourth-order valence-electron chi connectivity index (χ4n) is 3.98. The smallest absolute Gasteiger partial charge is 0.211 e. The average Bonchev–Trinajstić information content (AvgIpc) is 2.62. The average molecular weight is 319 g/mol. The van der Waals surface area contributed by atoms with Crippen molar-refractivity contribution in [3.8, 4) is 0 Å². The third kappa shape index (κ3) is 3.97. The van der Waals surface area contributed by atoms with E-state index in [1.807, 2.05) is 6.92 Å². The van der Waals surface area contributed by atoms with E-state index in [4.69, 9.17) is 4.74 Å². The van der Waals surface area contributed by atoms with E-state index in [-0.39, 0.29) is 24.0 Å². The predicted molar refractivity (Wildman–Crippen MR) is 82.4 cm³/mol. The molecule has 6 atom stereocenters. The lowest BCUT2D eigenvalue weighted by Crippen LogP contribution is -2.41. The summed E-state index contributed by atoms with van der Waals surface area (Å²) in [5.74, 6) is 0.733. The Morgan fingerprint density at radius 2 is 1.95 bits per heavy atom. The van der Waals surface area contributed by atoms with Crippen LogP contribution < -0.4 is 0 Å². The predicted octanol–water partition coefficient (Wildman–Crippen LogP) is 1.47. The van der Waals surface area contributed by atoms with Crippen molar-refractivity contribution in [2.24, 2.45) is 17.8 Å². The van der Waals surface area contributed by atoms with Crippen molar-refractivity contribution in [1.82, 2.24) is 4.31 Å². The molecule has 2 aliphatic rings. The van der Waals surface area contributed by atoms with Gasteiger partial charge < -0.3 is 9.84 Å². The van der Waals surface area contributed by atoms with Gasteiger partial charge in [-0.15, -0.1) is 0 Å². The quantitative estimate of drug-likeness (QED) is 0.852. The molecule has 0 aromatic rings. The summed E-state index contributed by atoms with van der Waals surface area (Å²) in [7, 11) is -3.12. The topological polar surface area (TPSA) is 66.8 Å². The van der Waals surface area contributed by atoms with Crippen LogP contribution in [0.25, 0.3) is 0 Å². The van der Waals surface area contributed by atoms with E-state index in [0.29, 0.717) is 25.4 Å². The summed E-state index contributed by atoms with van der Waals surface area (Å²) < 4.78 is 30.7. The minimum atomic E-state index is -3.12. The molecule has 21 heavy (non-hydrogen) atoms. The molecule has 0 amide bonds. The summed E-state index contributed by atoms with van der Waals surface area (Å²) in [6.07, 6.45) is 3.65. The standard InChI is InChI=1S/C15H29NO4S/c1-10-11(2)20-12(3)15(10)14(17)8-13-6-5-7-16(9-13)21(4,18)19/h10-15,17H,5-9H2,1-4H3. The number of aliphatic hydroxyl groups is 1. The third-order valence-corrected chi connectivity index (χ3v) is 6.56. The van der Waals surface area contributed by atoms with Gasteiger partial charge in [-0.3, -0.25) is 0 Å². The first-order chi connectivity index (χ1) is 9.70. The summed E-state index contributed by atoms with van der Waals surface area (Å²) in [5, 5.41) is 10.6. The molecule has 124 valence electrons. The fourth-order valence-corrected chi connectivity index (χ4v) is 4.92. The molecule has 0 aromatic carbocycles. The van der Waals surface area contributed by atoms with Crippen LogP contribution in [0.4, 0.5) is 0 Å². The highest BCUT2D eigenvalue weighted by molar-refractivity contribution is 7.88. The summed E-state index contributed by atoms with van der Waals surface area (Å²) >= 11 is 0. The summed E-state index contributed by atoms with van der Waals surface area (Å²) in [6.45, 7) is 7.37. The number of sulfonamides is 1. The lowest BCUT2D eigenvalue weighted by atomic mass is 9.80. The molecule has 2 rings (SSSR count). The highest BCUT2D eigenvalue weighted by atomic mass is 32.2. The van der Waals surface area contributed by atoms with E-state index in [1.165, 1.54) is 6.26 Å². The number of hydrogen-bond acceptors (Lipinski definition) is 4. The Balaban J connectivity index is 1.95. The third-order valence-electron chi connectivity index (χ3n) is 5.29. The number of rotatable bonds is 4. The Bertz CT molecular complexity index is 453. The van der Waals surface area contributed by atoms with E-state index in [9.17, 15) is 13.5 Å². The van der Waals surface area contributed by atoms with E-state index >= 15 is 0 Å². The van der Waals surface area contributed by atoms with E-state index in [1.54, 1.807) is 4.31 Å². The zero-order valence-corrected chi connectivity index (χ0v) is 14.3. The van der Waals surface area contributed by atoms with E-state index < -0.39 is 16.1 Å². The zero-order chi connectivity index (χ0) is 15.8. The van der Waals surface area contributed by atoms with Crippen molar-refractivity contribution in [2.75, 3.05) is 19.3 Å². The molecule has 0 bridgehead atoms. The van der Waals surface area contributed by atoms with Crippen LogP contribution in [-0.4, -0.2) is 55.5 Å². The van der Waals surface area contributed by atoms with Gasteiger partial charge in [-0.25, -0.2) is 12.7 Å². The first-order valence-electron chi connectivity index (χ1n) is 7.98. The van der Waals surface area contributed by atoms with Crippen LogP contribution in [-0.2, 0) is 14.8 Å². The highest BCUT2D eigenvalue weighted by Gasteiger charge is 2.42. The number of ether oxygens (including phenoxy) is 1. The highest BCUT2D eigenvalue weighted by Crippen LogP contribution is 2.37. The van der Waals surface area contributed by atoms with Crippen molar-refractivity contribution < 1.29 is 18.3 Å². The Kier molecular flexibility index (Phi) is 5.34. The van der Waals surface area contributed by atoms with Gasteiger partial charge >= 0.3 is 0 Å². The van der Waals surface area contributed by atoms with Crippen molar-refractivity contribution in [2.45, 2.75) is 58.3 Å². The molecule has 0 radical (unpaired) electrons. The molecular weight excluding hydrogens is 290 g/mol. The number of nitrogens with zero attached hydrogens (tertiary/aromatic N) is 1. The lowest BCUT2D eigenvalue weighted by molar-refractivity contribution is 0.0119. The maximum absolute atomic E-state index is 11.7. The second-order valence-corrected chi connectivity index (χ2v) is 8.90. The van der Waals surface area contributed by atoms with Crippen molar-refractivity contribution in [3.05, 3.63) is 0 Å². The van der Waals surface area contributed by atoms with Crippen LogP contribution in [0.1, 0.15) is 40.0 Å². The monoisotopic (exact) mass is 319 g/mol. The van der Waals surface area contributed by atoms with Crippen LogP contribution in [0, 0.1) is 17.8 Å². The first kappa shape index (κ1) is 17.2. The Hall–Kier alpha value is -0.170. The molecule has 6 unspecified atom stereocenters. The molecule has 0 aliphatic carbocycles. The zero-order valence-electron chi connectivity index (χ0n) is 13.5. The van der Waals surface area contributed by atoms with E-state index in [0.717, 1.165) is 12.8 Å². The van der Waals surface area contributed by atoms with Crippen LogP contribution >= 0.6 is 0 Å². The minimum absolute atomic E-state index is 0.0691. The molecule has 2 heterocycles. The van der Waals surface area contributed by atoms with Gasteiger partial charge in [-0.05, 0) is 44.9 Å². The fraction of sp³-hybridized carbons (Fsp3) is 1.00. The van der Waals surface area contributed by atoms with Gasteiger partial charge in [-0.2, -0.15) is 0 Å². The summed E-state index contributed by atoms with van der Waals surface area (Å²) in [4.78, 5) is 0. The number of hydrogen-bond donors (Lipinski definition) is 1. The largest absolute Gasteiger partial charge is 0.393 e. The second-order valence-electron chi connectivity index (χ2n) is 6.92. The lowest BCUT2D eigenvalue weighted by Gasteiger charge is -2.34. The molecular formula is C15H29NO4S. The van der Waals surface area contributed by atoms with Crippen LogP contribution in [0.3, 0.4) is 0 Å². The van der Waals surface area contributed by atoms with Gasteiger partial charge in [-0.1, -0.05) is 6.92 Å². The molecule has 2 aliphatic heterocycles. The van der Waals surface area contributed by atoms with Gasteiger partial charge in [0, 0.05) is 19.0 Å². The molecule has 2 saturated heterocycles. The van der Waals surface area contributed by atoms with Crippen molar-refractivity contribution >= 4 is 10.0 Å². The Morgan fingerprint density at radius 3 is 2.48 bits per heavy atom. The van der Waals surface area contributed by atoms with Gasteiger partial charge in [0.2, 0.25) is 10.0 Å². The summed E-state index contributed by atoms with van der Waals surface area (Å²) in [6, 6.07) is 0. The van der Waals surface area contributed by atoms with Crippen LogP contribution in [0.5, 0.6) is 0 Å². The molecule has 6 heteroatoms. The first-order valence-corrected chi connectivity index (χ1v) is 9.83. The van der Waals surface area contributed by atoms with Crippen molar-refractivity contribution in [1.29, 1.82) is 0 Å². The van der Waals surface area contributed by atoms with Crippen LogP contribution in [0.15, 0.2) is 0 Å².